The largest absolute Gasteiger partial charge is 0.467 e. The number of methoxy groups -OCH3 is 1. The first-order valence-electron chi connectivity index (χ1n) is 4.80. The second-order valence-electron chi connectivity index (χ2n) is 2.97. The van der Waals surface area contributed by atoms with Crippen LogP contribution < -0.4 is 5.32 Å². The summed E-state index contributed by atoms with van der Waals surface area (Å²) < 4.78 is 4.57. The van der Waals surface area contributed by atoms with Gasteiger partial charge in [-0.25, -0.2) is 4.79 Å². The van der Waals surface area contributed by atoms with Crippen LogP contribution in [0.2, 0.25) is 0 Å². The van der Waals surface area contributed by atoms with Crippen molar-refractivity contribution >= 4 is 23.6 Å². The van der Waals surface area contributed by atoms with Crippen molar-refractivity contribution in [2.45, 2.75) is 13.0 Å². The van der Waals surface area contributed by atoms with Crippen LogP contribution in [0.3, 0.4) is 0 Å². The number of hydrogen-bond acceptors (Lipinski definition) is 5. The Hall–Kier alpha value is -1.01. The van der Waals surface area contributed by atoms with E-state index < -0.39 is 12.0 Å². The number of esters is 1. The molecular formula is C10H17NO4S. The van der Waals surface area contributed by atoms with E-state index in [4.69, 9.17) is 5.11 Å². The topological polar surface area (TPSA) is 75.6 Å². The molecule has 0 aliphatic carbocycles. The molecule has 0 unspecified atom stereocenters. The molecule has 0 aliphatic rings. The molecule has 0 saturated carbocycles. The van der Waals surface area contributed by atoms with Gasteiger partial charge in [0.1, 0.15) is 6.04 Å². The third-order valence-electron chi connectivity index (χ3n) is 1.63. The van der Waals surface area contributed by atoms with E-state index in [0.717, 1.165) is 0 Å². The molecule has 0 aromatic carbocycles. The van der Waals surface area contributed by atoms with Gasteiger partial charge in [-0.05, 0) is 0 Å². The van der Waals surface area contributed by atoms with Crippen LogP contribution >= 0.6 is 11.8 Å². The van der Waals surface area contributed by atoms with Gasteiger partial charge in [0.25, 0.3) is 0 Å². The molecule has 0 aromatic heterocycles. The van der Waals surface area contributed by atoms with Crippen LogP contribution in [0.25, 0.3) is 0 Å². The van der Waals surface area contributed by atoms with Crippen molar-refractivity contribution in [1.29, 1.82) is 0 Å². The highest BCUT2D eigenvalue weighted by Crippen LogP contribution is 2.04. The van der Waals surface area contributed by atoms with Crippen molar-refractivity contribution in [3.63, 3.8) is 0 Å². The smallest absolute Gasteiger partial charge is 0.329 e. The lowest BCUT2D eigenvalue weighted by molar-refractivity contribution is -0.144. The predicted octanol–water partition coefficient (Wildman–Crippen LogP) is -0.0542. The third-order valence-corrected chi connectivity index (χ3v) is 2.63. The Morgan fingerprint density at radius 3 is 2.69 bits per heavy atom. The number of thioether (sulfide) groups is 1. The monoisotopic (exact) mass is 247 g/mol. The Bertz CT molecular complexity index is 255. The lowest BCUT2D eigenvalue weighted by Crippen LogP contribution is -2.42. The van der Waals surface area contributed by atoms with Crippen molar-refractivity contribution in [3.05, 3.63) is 12.2 Å². The standard InChI is InChI=1S/C10H17NO4S/c1-8(13)11-9(10(14)15-2)7-16-6-4-3-5-12/h3-4,9,12H,5-7H2,1-2H3,(H,11,13)/b4-3+/t9-/m0/s1. The van der Waals surface area contributed by atoms with Crippen LogP contribution in [0, 0.1) is 0 Å². The minimum absolute atomic E-state index is 0.00663. The summed E-state index contributed by atoms with van der Waals surface area (Å²) in [6, 6.07) is -0.616. The van der Waals surface area contributed by atoms with Gasteiger partial charge >= 0.3 is 5.97 Å². The maximum Gasteiger partial charge on any atom is 0.329 e. The quantitative estimate of drug-likeness (QED) is 0.375. The number of aliphatic hydroxyl groups is 1. The fraction of sp³-hybridized carbons (Fsp3) is 0.600. The molecule has 5 nitrogen and oxygen atoms in total. The first kappa shape index (κ1) is 15.0. The summed E-state index contributed by atoms with van der Waals surface area (Å²) in [5, 5.41) is 11.0. The van der Waals surface area contributed by atoms with Crippen molar-refractivity contribution in [1.82, 2.24) is 5.32 Å². The fourth-order valence-electron chi connectivity index (χ4n) is 0.953. The number of hydrogen-bond donors (Lipinski definition) is 2. The van der Waals surface area contributed by atoms with Crippen LogP contribution in [-0.2, 0) is 14.3 Å². The molecule has 0 saturated heterocycles. The molecule has 0 fully saturated rings. The van der Waals surface area contributed by atoms with Gasteiger partial charge in [-0.1, -0.05) is 12.2 Å². The van der Waals surface area contributed by atoms with Gasteiger partial charge in [-0.3, -0.25) is 4.79 Å². The summed E-state index contributed by atoms with van der Waals surface area (Å²) in [5.41, 5.74) is 0. The Labute approximate surface area is 99.2 Å². The summed E-state index contributed by atoms with van der Waals surface area (Å²) in [6.07, 6.45) is 3.42. The van der Waals surface area contributed by atoms with Gasteiger partial charge in [0, 0.05) is 18.4 Å². The van der Waals surface area contributed by atoms with Crippen LogP contribution in [0.4, 0.5) is 0 Å². The van der Waals surface area contributed by atoms with Crippen LogP contribution in [-0.4, -0.2) is 48.2 Å². The predicted molar refractivity (Wildman–Crippen MR) is 63.2 cm³/mol. The summed E-state index contributed by atoms with van der Waals surface area (Å²) in [7, 11) is 1.29. The van der Waals surface area contributed by atoms with Crippen molar-refractivity contribution in [2.24, 2.45) is 0 Å². The zero-order valence-electron chi connectivity index (χ0n) is 9.43. The van der Waals surface area contributed by atoms with Gasteiger partial charge in [0.2, 0.25) is 5.91 Å². The lowest BCUT2D eigenvalue weighted by Gasteiger charge is -2.14. The first-order chi connectivity index (χ1) is 7.61. The van der Waals surface area contributed by atoms with Gasteiger partial charge in [-0.15, -0.1) is 0 Å². The molecule has 0 aromatic rings. The van der Waals surface area contributed by atoms with Gasteiger partial charge in [0.15, 0.2) is 0 Å². The van der Waals surface area contributed by atoms with Crippen LogP contribution in [0.5, 0.6) is 0 Å². The molecule has 92 valence electrons. The zero-order valence-corrected chi connectivity index (χ0v) is 10.3. The van der Waals surface area contributed by atoms with E-state index in [1.807, 2.05) is 0 Å². The minimum atomic E-state index is -0.616. The Balaban J connectivity index is 3.97. The molecule has 6 heteroatoms. The third kappa shape index (κ3) is 7.30. The highest BCUT2D eigenvalue weighted by atomic mass is 32.2. The second-order valence-corrected chi connectivity index (χ2v) is 4.04. The second kappa shape index (κ2) is 9.23. The number of amides is 1. The van der Waals surface area contributed by atoms with Gasteiger partial charge < -0.3 is 15.2 Å². The molecule has 0 heterocycles. The molecule has 0 spiro atoms. The van der Waals surface area contributed by atoms with Crippen LogP contribution in [0.15, 0.2) is 12.2 Å². The lowest BCUT2D eigenvalue weighted by atomic mass is 10.3. The zero-order chi connectivity index (χ0) is 12.4. The summed E-state index contributed by atoms with van der Waals surface area (Å²) in [4.78, 5) is 22.1. The van der Waals surface area contributed by atoms with E-state index in [9.17, 15) is 9.59 Å². The molecule has 2 N–H and O–H groups in total. The van der Waals surface area contributed by atoms with E-state index in [-0.39, 0.29) is 12.5 Å². The van der Waals surface area contributed by atoms with Crippen LogP contribution in [0.1, 0.15) is 6.92 Å². The molecule has 0 bridgehead atoms. The SMILES string of the molecule is COC(=O)[C@H](CSC/C=C/CO)NC(C)=O. The molecule has 0 aliphatic heterocycles. The maximum absolute atomic E-state index is 11.3. The molecule has 1 atom stereocenters. The number of carbonyl (C=O) groups is 2. The number of carbonyl (C=O) groups excluding carboxylic acids is 2. The average Bonchev–Trinajstić information content (AvgIpc) is 2.25. The number of ether oxygens (including phenoxy) is 1. The van der Waals surface area contributed by atoms with Gasteiger partial charge in [-0.2, -0.15) is 11.8 Å². The van der Waals surface area contributed by atoms with E-state index in [1.165, 1.54) is 25.8 Å². The molecule has 1 amide bonds. The minimum Gasteiger partial charge on any atom is -0.467 e. The highest BCUT2D eigenvalue weighted by molar-refractivity contribution is 7.99. The Morgan fingerprint density at radius 2 is 2.19 bits per heavy atom. The molecular weight excluding hydrogens is 230 g/mol. The summed E-state index contributed by atoms with van der Waals surface area (Å²) in [5.74, 6) is 0.408. The van der Waals surface area contributed by atoms with Crippen molar-refractivity contribution in [2.75, 3.05) is 25.2 Å². The van der Waals surface area contributed by atoms with Gasteiger partial charge in [0.05, 0.1) is 13.7 Å². The molecule has 0 radical (unpaired) electrons. The Kier molecular flexibility index (Phi) is 8.65. The summed E-state index contributed by atoms with van der Waals surface area (Å²) >= 11 is 1.47. The Morgan fingerprint density at radius 1 is 1.50 bits per heavy atom. The molecule has 16 heavy (non-hydrogen) atoms. The normalized spacial score (nSPS) is 12.4. The van der Waals surface area contributed by atoms with Crippen molar-refractivity contribution in [3.8, 4) is 0 Å². The van der Waals surface area contributed by atoms with E-state index in [1.54, 1.807) is 12.2 Å². The van der Waals surface area contributed by atoms with E-state index in [2.05, 4.69) is 10.1 Å². The van der Waals surface area contributed by atoms with E-state index in [0.29, 0.717) is 11.5 Å². The van der Waals surface area contributed by atoms with Crippen molar-refractivity contribution < 1.29 is 19.4 Å². The highest BCUT2D eigenvalue weighted by Gasteiger charge is 2.19. The number of aliphatic hydroxyl groups excluding tert-OH is 1. The maximum atomic E-state index is 11.3. The fourth-order valence-corrected chi connectivity index (χ4v) is 1.82. The number of nitrogens with one attached hydrogen (secondary N) is 1. The average molecular weight is 247 g/mol. The first-order valence-corrected chi connectivity index (χ1v) is 5.95. The summed E-state index contributed by atoms with van der Waals surface area (Å²) in [6.45, 7) is 1.36. The van der Waals surface area contributed by atoms with E-state index >= 15 is 0 Å². The molecule has 0 rings (SSSR count). The number of rotatable bonds is 7.